The van der Waals surface area contributed by atoms with Crippen LogP contribution in [0.4, 0.5) is 0 Å². The van der Waals surface area contributed by atoms with E-state index in [9.17, 15) is 18.3 Å². The zero-order valence-corrected chi connectivity index (χ0v) is 24.0. The summed E-state index contributed by atoms with van der Waals surface area (Å²) in [6, 6.07) is 16.9. The minimum atomic E-state index is -3.38. The first-order valence-electron chi connectivity index (χ1n) is 11.6. The second kappa shape index (κ2) is 10.8. The van der Waals surface area contributed by atoms with E-state index in [0.29, 0.717) is 43.3 Å². The summed E-state index contributed by atoms with van der Waals surface area (Å²) in [7, 11) is -3.38. The number of carbonyl (C=O) groups excluding carboxylic acids is 1. The summed E-state index contributed by atoms with van der Waals surface area (Å²) in [6.45, 7) is 3.28. The molecule has 0 unspecified atom stereocenters. The summed E-state index contributed by atoms with van der Waals surface area (Å²) in [4.78, 5) is 17.8. The molecule has 4 aromatic rings. The van der Waals surface area contributed by atoms with Crippen molar-refractivity contribution in [1.29, 1.82) is 0 Å². The van der Waals surface area contributed by atoms with Crippen LogP contribution < -0.4 is 0 Å². The molecular weight excluding hydrogens is 567 g/mol. The number of nitrogens with zero attached hydrogens (tertiary/aromatic N) is 2. The fourth-order valence-corrected chi connectivity index (χ4v) is 5.43. The Balaban J connectivity index is 1.83. The van der Waals surface area contributed by atoms with Crippen LogP contribution in [0.2, 0.25) is 15.1 Å². The molecule has 0 aliphatic rings. The van der Waals surface area contributed by atoms with Crippen LogP contribution in [-0.4, -0.2) is 40.7 Å². The fourth-order valence-electron chi connectivity index (χ4n) is 3.92. The number of aromatic nitrogens is 2. The second-order valence-electron chi connectivity index (χ2n) is 9.62. The van der Waals surface area contributed by atoms with Crippen LogP contribution in [0.15, 0.2) is 71.8 Å². The average molecular weight is 592 g/mol. The molecule has 0 aliphatic heterocycles. The van der Waals surface area contributed by atoms with Crippen molar-refractivity contribution in [3.05, 3.63) is 87.6 Å². The van der Waals surface area contributed by atoms with Gasteiger partial charge in [-0.1, -0.05) is 59.1 Å². The fraction of sp³-hybridized carbons (Fsp3) is 0.214. The van der Waals surface area contributed by atoms with Crippen LogP contribution >= 0.6 is 34.8 Å². The third kappa shape index (κ3) is 6.30. The maximum Gasteiger partial charge on any atom is 0.182 e. The van der Waals surface area contributed by atoms with E-state index in [1.807, 2.05) is 0 Å². The molecule has 1 heterocycles. The van der Waals surface area contributed by atoms with Crippen molar-refractivity contribution in [2.75, 3.05) is 6.26 Å². The molecule has 0 aliphatic carbocycles. The highest BCUT2D eigenvalue weighted by Gasteiger charge is 2.23. The Morgan fingerprint density at radius 1 is 0.947 bits per heavy atom. The van der Waals surface area contributed by atoms with E-state index in [1.54, 1.807) is 79.2 Å². The molecule has 198 valence electrons. The number of imidazole rings is 1. The van der Waals surface area contributed by atoms with Gasteiger partial charge in [-0.15, -0.1) is 0 Å². The Morgan fingerprint density at radius 2 is 1.58 bits per heavy atom. The predicted octanol–water partition coefficient (Wildman–Crippen LogP) is 7.30. The molecule has 0 radical (unpaired) electrons. The van der Waals surface area contributed by atoms with Crippen molar-refractivity contribution >= 4 is 50.4 Å². The van der Waals surface area contributed by atoms with Crippen molar-refractivity contribution < 1.29 is 18.3 Å². The molecule has 1 N–H and O–H groups in total. The molecule has 1 aromatic heterocycles. The maximum absolute atomic E-state index is 13.0. The molecule has 38 heavy (non-hydrogen) atoms. The normalized spacial score (nSPS) is 12.1. The number of hydrogen-bond acceptors (Lipinski definition) is 5. The molecule has 0 fully saturated rings. The zero-order chi connectivity index (χ0) is 27.8. The zero-order valence-electron chi connectivity index (χ0n) is 20.9. The topological polar surface area (TPSA) is 89.3 Å². The van der Waals surface area contributed by atoms with Crippen LogP contribution in [0, 0.1) is 0 Å². The van der Waals surface area contributed by atoms with Gasteiger partial charge in [-0.25, -0.2) is 13.4 Å². The number of benzene rings is 3. The Kier molecular flexibility index (Phi) is 8.07. The first kappa shape index (κ1) is 28.3. The molecule has 6 nitrogen and oxygen atoms in total. The lowest BCUT2D eigenvalue weighted by atomic mass is 10.0. The lowest BCUT2D eigenvalue weighted by Crippen LogP contribution is -2.20. The van der Waals surface area contributed by atoms with Crippen molar-refractivity contribution in [1.82, 2.24) is 9.55 Å². The highest BCUT2D eigenvalue weighted by molar-refractivity contribution is 7.90. The van der Waals surface area contributed by atoms with Gasteiger partial charge in [0.2, 0.25) is 0 Å². The van der Waals surface area contributed by atoms with Gasteiger partial charge in [0.05, 0.1) is 36.8 Å². The van der Waals surface area contributed by atoms with Crippen molar-refractivity contribution in [2.45, 2.75) is 37.2 Å². The molecule has 0 amide bonds. The Morgan fingerprint density at radius 3 is 2.18 bits per heavy atom. The smallest absolute Gasteiger partial charge is 0.182 e. The highest BCUT2D eigenvalue weighted by atomic mass is 35.5. The summed E-state index contributed by atoms with van der Waals surface area (Å²) in [5, 5.41) is 11.1. The summed E-state index contributed by atoms with van der Waals surface area (Å²) >= 11 is 19.7. The number of ketones is 1. The van der Waals surface area contributed by atoms with Gasteiger partial charge in [-0.2, -0.15) is 0 Å². The van der Waals surface area contributed by atoms with E-state index in [4.69, 9.17) is 34.8 Å². The third-order valence-corrected chi connectivity index (χ3v) is 7.99. The number of hydrogen-bond donors (Lipinski definition) is 1. The van der Waals surface area contributed by atoms with Crippen LogP contribution in [0.1, 0.15) is 37.2 Å². The lowest BCUT2D eigenvalue weighted by molar-refractivity contribution is 0.0631. The number of halogens is 3. The summed E-state index contributed by atoms with van der Waals surface area (Å²) in [5.74, 6) is 0.0848. The first-order chi connectivity index (χ1) is 17.7. The third-order valence-electron chi connectivity index (χ3n) is 5.94. The lowest BCUT2D eigenvalue weighted by Gasteiger charge is -2.15. The van der Waals surface area contributed by atoms with Gasteiger partial charge in [-0.05, 0) is 67.8 Å². The summed E-state index contributed by atoms with van der Waals surface area (Å²) in [5.41, 5.74) is 1.54. The number of carbonyl (C=O) groups is 1. The van der Waals surface area contributed by atoms with Crippen molar-refractivity contribution in [3.63, 3.8) is 0 Å². The van der Waals surface area contributed by atoms with E-state index < -0.39 is 15.4 Å². The largest absolute Gasteiger partial charge is 0.390 e. The Hall–Kier alpha value is -2.68. The van der Waals surface area contributed by atoms with E-state index in [0.717, 1.165) is 6.26 Å². The molecule has 4 rings (SSSR count). The maximum atomic E-state index is 13.0. The van der Waals surface area contributed by atoms with Crippen LogP contribution in [0.3, 0.4) is 0 Å². The van der Waals surface area contributed by atoms with Crippen molar-refractivity contribution in [2.24, 2.45) is 0 Å². The van der Waals surface area contributed by atoms with Gasteiger partial charge in [0, 0.05) is 18.9 Å². The second-order valence-corrected chi connectivity index (χ2v) is 12.9. The number of aliphatic hydroxyl groups is 1. The van der Waals surface area contributed by atoms with Crippen LogP contribution in [0.25, 0.3) is 28.2 Å². The number of Topliss-reactive ketones (excluding diaryl/α,β-unsaturated/α-hetero) is 1. The van der Waals surface area contributed by atoms with Crippen LogP contribution in [-0.2, 0) is 9.84 Å². The quantitative estimate of drug-likeness (QED) is 0.217. The first-order valence-corrected chi connectivity index (χ1v) is 14.7. The minimum absolute atomic E-state index is 0.0968. The standard InChI is InChI=1S/C28H25Cl3N2O4S/c1-28(2,35)13-12-25(34)23-16-33(27(32-23)26-20(29)8-5-9-21(26)30)24-11-10-18(15-22(24)31)17-6-4-7-19(14-17)38(3,36)37/h4-11,14-16,35H,12-13H2,1-3H3. The number of rotatable bonds is 8. The van der Waals surface area contributed by atoms with Crippen LogP contribution in [0.5, 0.6) is 0 Å². The molecular formula is C28H25Cl3N2O4S. The molecule has 3 aromatic carbocycles. The van der Waals surface area contributed by atoms with E-state index >= 15 is 0 Å². The molecule has 0 saturated carbocycles. The van der Waals surface area contributed by atoms with E-state index in [2.05, 4.69) is 4.98 Å². The highest BCUT2D eigenvalue weighted by Crippen LogP contribution is 2.38. The Bertz CT molecular complexity index is 1620. The van der Waals surface area contributed by atoms with E-state index in [-0.39, 0.29) is 29.2 Å². The molecule has 10 heteroatoms. The van der Waals surface area contributed by atoms with Crippen molar-refractivity contribution in [3.8, 4) is 28.2 Å². The van der Waals surface area contributed by atoms with Gasteiger partial charge in [0.25, 0.3) is 0 Å². The molecule has 0 bridgehead atoms. The summed E-state index contributed by atoms with van der Waals surface area (Å²) < 4.78 is 25.7. The minimum Gasteiger partial charge on any atom is -0.390 e. The van der Waals surface area contributed by atoms with Gasteiger partial charge in [0.1, 0.15) is 11.5 Å². The van der Waals surface area contributed by atoms with Gasteiger partial charge < -0.3 is 5.11 Å². The monoisotopic (exact) mass is 590 g/mol. The molecule has 0 atom stereocenters. The molecule has 0 saturated heterocycles. The van der Waals surface area contributed by atoms with Gasteiger partial charge >= 0.3 is 0 Å². The SMILES string of the molecule is CC(C)(O)CCC(=O)c1cn(-c2ccc(-c3cccc(S(C)(=O)=O)c3)cc2Cl)c(-c2c(Cl)cccc2Cl)n1. The predicted molar refractivity (Wildman–Crippen MR) is 152 cm³/mol. The molecule has 0 spiro atoms. The number of sulfone groups is 1. The Labute approximate surface area is 236 Å². The van der Waals surface area contributed by atoms with E-state index in [1.165, 1.54) is 6.07 Å². The van der Waals surface area contributed by atoms with Gasteiger partial charge in [-0.3, -0.25) is 9.36 Å². The average Bonchev–Trinajstić information content (AvgIpc) is 3.26. The van der Waals surface area contributed by atoms with Gasteiger partial charge in [0.15, 0.2) is 15.6 Å². The summed E-state index contributed by atoms with van der Waals surface area (Å²) in [6.07, 6.45) is 3.10.